The molecule has 4 heteroatoms. The minimum atomic E-state index is -0.821. The maximum atomic E-state index is 10.9. The Hall–Kier alpha value is -1.16. The molecule has 1 aromatic carbocycles. The Labute approximate surface area is 86.0 Å². The van der Waals surface area contributed by atoms with Crippen molar-refractivity contribution in [3.8, 4) is 0 Å². The zero-order valence-corrected chi connectivity index (χ0v) is 9.06. The monoisotopic (exact) mass is 211 g/mol. The smallest absolute Gasteiger partial charge is 0.221 e. The van der Waals surface area contributed by atoms with E-state index in [2.05, 4.69) is 5.32 Å². The molecule has 1 aromatic rings. The van der Waals surface area contributed by atoms with Crippen LogP contribution >= 0.6 is 0 Å². The molecule has 1 unspecified atom stereocenters. The van der Waals surface area contributed by atoms with E-state index in [1.165, 1.54) is 6.92 Å². The molecule has 1 atom stereocenters. The summed E-state index contributed by atoms with van der Waals surface area (Å²) in [4.78, 5) is 10.7. The number of hydrogen-bond acceptors (Lipinski definition) is 2. The Morgan fingerprint density at radius 3 is 2.36 bits per heavy atom. The van der Waals surface area contributed by atoms with E-state index in [4.69, 9.17) is 0 Å². The van der Waals surface area contributed by atoms with Gasteiger partial charge < -0.3 is 5.32 Å². The van der Waals surface area contributed by atoms with Gasteiger partial charge in [0, 0.05) is 35.4 Å². The molecule has 0 aliphatic rings. The Morgan fingerprint density at radius 2 is 1.93 bits per heavy atom. The highest BCUT2D eigenvalue weighted by Gasteiger charge is 1.97. The van der Waals surface area contributed by atoms with Crippen LogP contribution in [-0.4, -0.2) is 16.4 Å². The van der Waals surface area contributed by atoms with E-state index in [0.29, 0.717) is 5.75 Å². The average Bonchev–Trinajstić information content (AvgIpc) is 2.06. The number of anilines is 1. The first-order valence-electron chi connectivity index (χ1n) is 4.24. The number of amides is 1. The number of nitrogens with one attached hydrogen (secondary N) is 1. The molecule has 76 valence electrons. The topological polar surface area (TPSA) is 46.2 Å². The second kappa shape index (κ2) is 4.91. The fourth-order valence-electron chi connectivity index (χ4n) is 1.12. The first-order chi connectivity index (χ1) is 6.58. The van der Waals surface area contributed by atoms with Gasteiger partial charge in [0.15, 0.2) is 0 Å². The fourth-order valence-corrected chi connectivity index (χ4v) is 1.78. The van der Waals surface area contributed by atoms with Gasteiger partial charge in [0.2, 0.25) is 5.91 Å². The summed E-state index contributed by atoms with van der Waals surface area (Å²) in [7, 11) is -0.821. The predicted octanol–water partition coefficient (Wildman–Crippen LogP) is 1.52. The van der Waals surface area contributed by atoms with Gasteiger partial charge in [-0.05, 0) is 17.7 Å². The van der Waals surface area contributed by atoms with Gasteiger partial charge in [0.25, 0.3) is 0 Å². The van der Waals surface area contributed by atoms with Crippen molar-refractivity contribution in [2.24, 2.45) is 0 Å². The van der Waals surface area contributed by atoms with Crippen LogP contribution in [0, 0.1) is 0 Å². The van der Waals surface area contributed by atoms with Crippen LogP contribution in [0.5, 0.6) is 0 Å². The highest BCUT2D eigenvalue weighted by molar-refractivity contribution is 7.83. The Morgan fingerprint density at radius 1 is 1.36 bits per heavy atom. The number of carbonyl (C=O) groups is 1. The zero-order valence-electron chi connectivity index (χ0n) is 8.24. The highest BCUT2D eigenvalue weighted by atomic mass is 32.2. The summed E-state index contributed by atoms with van der Waals surface area (Å²) in [5, 5.41) is 2.67. The van der Waals surface area contributed by atoms with E-state index >= 15 is 0 Å². The fraction of sp³-hybridized carbons (Fsp3) is 0.300. The quantitative estimate of drug-likeness (QED) is 0.824. The third-order valence-corrected chi connectivity index (χ3v) is 2.38. The van der Waals surface area contributed by atoms with Crippen LogP contribution < -0.4 is 5.32 Å². The summed E-state index contributed by atoms with van der Waals surface area (Å²) in [6.07, 6.45) is 1.67. The Balaban J connectivity index is 2.68. The molecule has 0 aliphatic heterocycles. The SMILES string of the molecule is CC(=O)Nc1ccc(CS(C)=O)cc1. The van der Waals surface area contributed by atoms with Gasteiger partial charge in [0.1, 0.15) is 0 Å². The lowest BCUT2D eigenvalue weighted by molar-refractivity contribution is -0.114. The van der Waals surface area contributed by atoms with E-state index in [1.807, 2.05) is 24.3 Å². The standard InChI is InChI=1S/C10H13NO2S/c1-8(12)11-10-5-3-9(4-6-10)7-14(2)13/h3-6H,7H2,1-2H3,(H,11,12). The van der Waals surface area contributed by atoms with Crippen LogP contribution in [-0.2, 0) is 21.3 Å². The zero-order chi connectivity index (χ0) is 10.6. The van der Waals surface area contributed by atoms with Crippen molar-refractivity contribution in [1.29, 1.82) is 0 Å². The molecule has 0 aliphatic carbocycles. The number of carbonyl (C=O) groups excluding carboxylic acids is 1. The second-order valence-corrected chi connectivity index (χ2v) is 4.53. The summed E-state index contributed by atoms with van der Waals surface area (Å²) in [6.45, 7) is 1.47. The summed E-state index contributed by atoms with van der Waals surface area (Å²) in [5.74, 6) is 0.470. The van der Waals surface area contributed by atoms with Gasteiger partial charge in [0.05, 0.1) is 0 Å². The molecule has 0 heterocycles. The number of hydrogen-bond donors (Lipinski definition) is 1. The van der Waals surface area contributed by atoms with Crippen LogP contribution in [0.3, 0.4) is 0 Å². The van der Waals surface area contributed by atoms with Crippen molar-refractivity contribution in [2.75, 3.05) is 11.6 Å². The lowest BCUT2D eigenvalue weighted by Crippen LogP contribution is -2.05. The predicted molar refractivity (Wildman–Crippen MR) is 58.5 cm³/mol. The third-order valence-electron chi connectivity index (χ3n) is 1.64. The summed E-state index contributed by atoms with van der Waals surface area (Å²) >= 11 is 0. The normalized spacial score (nSPS) is 12.1. The van der Waals surface area contributed by atoms with Gasteiger partial charge in [-0.15, -0.1) is 0 Å². The van der Waals surface area contributed by atoms with E-state index in [9.17, 15) is 9.00 Å². The maximum Gasteiger partial charge on any atom is 0.221 e. The van der Waals surface area contributed by atoms with Crippen LogP contribution in [0.15, 0.2) is 24.3 Å². The van der Waals surface area contributed by atoms with Crippen molar-refractivity contribution < 1.29 is 9.00 Å². The van der Waals surface area contributed by atoms with Crippen LogP contribution in [0.1, 0.15) is 12.5 Å². The van der Waals surface area contributed by atoms with Gasteiger partial charge in [-0.25, -0.2) is 0 Å². The van der Waals surface area contributed by atoms with Crippen molar-refractivity contribution in [1.82, 2.24) is 0 Å². The summed E-state index contributed by atoms with van der Waals surface area (Å²) < 4.78 is 10.9. The number of benzene rings is 1. The van der Waals surface area contributed by atoms with Crippen molar-refractivity contribution >= 4 is 22.4 Å². The van der Waals surface area contributed by atoms with E-state index < -0.39 is 10.8 Å². The molecule has 0 bridgehead atoms. The molecular formula is C10H13NO2S. The molecule has 0 spiro atoms. The van der Waals surface area contributed by atoms with Crippen LogP contribution in [0.25, 0.3) is 0 Å². The second-order valence-electron chi connectivity index (χ2n) is 3.10. The van der Waals surface area contributed by atoms with Gasteiger partial charge in [-0.2, -0.15) is 0 Å². The molecule has 0 fully saturated rings. The molecule has 0 aromatic heterocycles. The average molecular weight is 211 g/mol. The Kier molecular flexibility index (Phi) is 3.83. The van der Waals surface area contributed by atoms with Gasteiger partial charge in [-0.1, -0.05) is 12.1 Å². The summed E-state index contributed by atoms with van der Waals surface area (Å²) in [5.41, 5.74) is 1.78. The lowest BCUT2D eigenvalue weighted by Gasteiger charge is -2.03. The summed E-state index contributed by atoms with van der Waals surface area (Å²) in [6, 6.07) is 7.35. The van der Waals surface area contributed by atoms with E-state index in [-0.39, 0.29) is 5.91 Å². The van der Waals surface area contributed by atoms with Crippen molar-refractivity contribution in [3.63, 3.8) is 0 Å². The molecule has 0 saturated carbocycles. The molecular weight excluding hydrogens is 198 g/mol. The van der Waals surface area contributed by atoms with Gasteiger partial charge >= 0.3 is 0 Å². The van der Waals surface area contributed by atoms with Crippen LogP contribution in [0.2, 0.25) is 0 Å². The van der Waals surface area contributed by atoms with Gasteiger partial charge in [-0.3, -0.25) is 9.00 Å². The maximum absolute atomic E-state index is 10.9. The highest BCUT2D eigenvalue weighted by Crippen LogP contribution is 2.10. The first-order valence-corrected chi connectivity index (χ1v) is 5.97. The van der Waals surface area contributed by atoms with E-state index in [0.717, 1.165) is 11.3 Å². The minimum Gasteiger partial charge on any atom is -0.326 e. The van der Waals surface area contributed by atoms with Crippen molar-refractivity contribution in [3.05, 3.63) is 29.8 Å². The third kappa shape index (κ3) is 3.70. The van der Waals surface area contributed by atoms with E-state index in [1.54, 1.807) is 6.26 Å². The van der Waals surface area contributed by atoms with Crippen molar-refractivity contribution in [2.45, 2.75) is 12.7 Å². The molecule has 0 radical (unpaired) electrons. The molecule has 1 amide bonds. The molecule has 3 nitrogen and oxygen atoms in total. The Bertz CT molecular complexity index is 311. The number of rotatable bonds is 3. The minimum absolute atomic E-state index is 0.0863. The largest absolute Gasteiger partial charge is 0.326 e. The lowest BCUT2D eigenvalue weighted by atomic mass is 10.2. The first kappa shape index (κ1) is 10.9. The molecule has 14 heavy (non-hydrogen) atoms. The molecule has 1 N–H and O–H groups in total. The molecule has 1 rings (SSSR count). The van der Waals surface area contributed by atoms with Crippen LogP contribution in [0.4, 0.5) is 5.69 Å². The molecule has 0 saturated heterocycles.